The molecule has 0 radical (unpaired) electrons. The number of rotatable bonds is 5. The van der Waals surface area contributed by atoms with Crippen molar-refractivity contribution >= 4 is 16.9 Å². The summed E-state index contributed by atoms with van der Waals surface area (Å²) >= 11 is 0. The third kappa shape index (κ3) is 2.98. The predicted molar refractivity (Wildman–Crippen MR) is 82.6 cm³/mol. The first kappa shape index (κ1) is 15.0. The highest BCUT2D eigenvalue weighted by Gasteiger charge is 2.30. The topological polar surface area (TPSA) is 65.4 Å². The minimum atomic E-state index is -0.0810. The van der Waals surface area contributed by atoms with Gasteiger partial charge in [0.15, 0.2) is 0 Å². The summed E-state index contributed by atoms with van der Waals surface area (Å²) in [5, 5.41) is 3.01. The van der Waals surface area contributed by atoms with Gasteiger partial charge < -0.3 is 19.4 Å². The normalized spacial score (nSPS) is 21.4. The van der Waals surface area contributed by atoms with Crippen molar-refractivity contribution in [2.75, 3.05) is 19.8 Å². The van der Waals surface area contributed by atoms with E-state index in [9.17, 15) is 4.79 Å². The minimum Gasteiger partial charge on any atom is -0.376 e. The second-order valence-electron chi connectivity index (χ2n) is 5.44. The lowest BCUT2D eigenvalue weighted by atomic mass is 10.2. The van der Waals surface area contributed by atoms with Gasteiger partial charge in [0, 0.05) is 6.61 Å². The molecule has 6 nitrogen and oxygen atoms in total. The monoisotopic (exact) mass is 303 g/mol. The van der Waals surface area contributed by atoms with Crippen LogP contribution in [-0.2, 0) is 20.8 Å². The van der Waals surface area contributed by atoms with E-state index in [1.165, 1.54) is 0 Å². The van der Waals surface area contributed by atoms with Crippen molar-refractivity contribution in [3.8, 4) is 0 Å². The van der Waals surface area contributed by atoms with Gasteiger partial charge in [0.2, 0.25) is 5.91 Å². The quantitative estimate of drug-likeness (QED) is 0.903. The van der Waals surface area contributed by atoms with Gasteiger partial charge in [-0.15, -0.1) is 0 Å². The minimum absolute atomic E-state index is 0.0496. The van der Waals surface area contributed by atoms with Crippen LogP contribution in [0.5, 0.6) is 0 Å². The summed E-state index contributed by atoms with van der Waals surface area (Å²) in [5.41, 5.74) is 1.88. The Morgan fingerprint density at radius 3 is 3.09 bits per heavy atom. The van der Waals surface area contributed by atoms with Crippen LogP contribution in [-0.4, -0.2) is 47.4 Å². The standard InChI is InChI=1S/C16H21N3O3/c1-3-22-15-10-21-9-13(15)18-16(20)8-19-11(2)17-12-6-4-5-7-14(12)19/h4-7,13,15H,3,8-10H2,1-2H3,(H,18,20)/t13-,15-/m0/s1. The van der Waals surface area contributed by atoms with Gasteiger partial charge in [-0.05, 0) is 26.0 Å². The van der Waals surface area contributed by atoms with E-state index >= 15 is 0 Å². The van der Waals surface area contributed by atoms with Crippen molar-refractivity contribution in [1.29, 1.82) is 0 Å². The highest BCUT2D eigenvalue weighted by atomic mass is 16.5. The van der Waals surface area contributed by atoms with E-state index in [-0.39, 0.29) is 24.6 Å². The number of nitrogens with zero attached hydrogens (tertiary/aromatic N) is 2. The zero-order valence-electron chi connectivity index (χ0n) is 12.9. The molecule has 3 rings (SSSR count). The number of ether oxygens (including phenoxy) is 2. The number of carbonyl (C=O) groups is 1. The molecule has 1 fully saturated rings. The van der Waals surface area contributed by atoms with Crippen LogP contribution in [0.3, 0.4) is 0 Å². The first-order valence-corrected chi connectivity index (χ1v) is 7.59. The van der Waals surface area contributed by atoms with Gasteiger partial charge in [-0.2, -0.15) is 0 Å². The second kappa shape index (κ2) is 6.46. The molecule has 1 aromatic carbocycles. The molecule has 0 spiro atoms. The number of amides is 1. The zero-order chi connectivity index (χ0) is 15.5. The Balaban J connectivity index is 1.69. The molecule has 2 atom stereocenters. The Hall–Kier alpha value is -1.92. The highest BCUT2D eigenvalue weighted by Crippen LogP contribution is 2.15. The van der Waals surface area contributed by atoms with E-state index in [4.69, 9.17) is 9.47 Å². The van der Waals surface area contributed by atoms with Crippen molar-refractivity contribution in [3.63, 3.8) is 0 Å². The van der Waals surface area contributed by atoms with E-state index in [0.717, 1.165) is 16.9 Å². The molecular formula is C16H21N3O3. The molecular weight excluding hydrogens is 282 g/mol. The van der Waals surface area contributed by atoms with Gasteiger partial charge in [-0.3, -0.25) is 4.79 Å². The van der Waals surface area contributed by atoms with Gasteiger partial charge in [0.1, 0.15) is 18.5 Å². The molecule has 2 heterocycles. The Morgan fingerprint density at radius 1 is 1.45 bits per heavy atom. The molecule has 0 saturated carbocycles. The first-order valence-electron chi connectivity index (χ1n) is 7.59. The third-order valence-corrected chi connectivity index (χ3v) is 3.90. The molecule has 0 unspecified atom stereocenters. The van der Waals surface area contributed by atoms with Crippen molar-refractivity contribution in [2.45, 2.75) is 32.5 Å². The summed E-state index contributed by atoms with van der Waals surface area (Å²) in [6, 6.07) is 7.74. The summed E-state index contributed by atoms with van der Waals surface area (Å²) in [5.74, 6) is 0.784. The van der Waals surface area contributed by atoms with Crippen molar-refractivity contribution < 1.29 is 14.3 Å². The lowest BCUT2D eigenvalue weighted by Gasteiger charge is -2.19. The number of hydrogen-bond donors (Lipinski definition) is 1. The predicted octanol–water partition coefficient (Wildman–Crippen LogP) is 1.26. The van der Waals surface area contributed by atoms with Crippen LogP contribution in [0.25, 0.3) is 11.0 Å². The maximum absolute atomic E-state index is 12.3. The van der Waals surface area contributed by atoms with E-state index in [2.05, 4.69) is 10.3 Å². The molecule has 1 amide bonds. The SMILES string of the molecule is CCO[C@H]1COC[C@@H]1NC(=O)Cn1c(C)nc2ccccc21. The summed E-state index contributed by atoms with van der Waals surface area (Å²) < 4.78 is 12.9. The fourth-order valence-corrected chi connectivity index (χ4v) is 2.84. The van der Waals surface area contributed by atoms with E-state index < -0.39 is 0 Å². The maximum Gasteiger partial charge on any atom is 0.240 e. The van der Waals surface area contributed by atoms with Crippen molar-refractivity contribution in [2.24, 2.45) is 0 Å². The third-order valence-electron chi connectivity index (χ3n) is 3.90. The van der Waals surface area contributed by atoms with E-state index in [0.29, 0.717) is 19.8 Å². The Morgan fingerprint density at radius 2 is 2.27 bits per heavy atom. The van der Waals surface area contributed by atoms with Crippen LogP contribution in [0.1, 0.15) is 12.7 Å². The van der Waals surface area contributed by atoms with Crippen molar-refractivity contribution in [3.05, 3.63) is 30.1 Å². The Kier molecular flexibility index (Phi) is 4.40. The second-order valence-corrected chi connectivity index (χ2v) is 5.44. The van der Waals surface area contributed by atoms with Gasteiger partial charge in [-0.1, -0.05) is 12.1 Å². The number of para-hydroxylation sites is 2. The summed E-state index contributed by atoms with van der Waals surface area (Å²) in [4.78, 5) is 16.8. The number of nitrogens with one attached hydrogen (secondary N) is 1. The Bertz CT molecular complexity index is 668. The number of carbonyl (C=O) groups excluding carboxylic acids is 1. The lowest BCUT2D eigenvalue weighted by Crippen LogP contribution is -2.45. The van der Waals surface area contributed by atoms with Crippen molar-refractivity contribution in [1.82, 2.24) is 14.9 Å². The molecule has 6 heteroatoms. The summed E-state index contributed by atoms with van der Waals surface area (Å²) in [6.45, 7) is 5.76. The van der Waals surface area contributed by atoms with Crippen LogP contribution < -0.4 is 5.32 Å². The van der Waals surface area contributed by atoms with Gasteiger partial charge in [-0.25, -0.2) is 4.98 Å². The average molecular weight is 303 g/mol. The van der Waals surface area contributed by atoms with Crippen LogP contribution in [0, 0.1) is 6.92 Å². The average Bonchev–Trinajstić information content (AvgIpc) is 3.05. The fourth-order valence-electron chi connectivity index (χ4n) is 2.84. The molecule has 1 aliphatic heterocycles. The summed E-state index contributed by atoms with van der Waals surface area (Å²) in [7, 11) is 0. The number of hydrogen-bond acceptors (Lipinski definition) is 4. The highest BCUT2D eigenvalue weighted by molar-refractivity contribution is 5.81. The number of aromatic nitrogens is 2. The van der Waals surface area contributed by atoms with Gasteiger partial charge in [0.05, 0.1) is 30.3 Å². The molecule has 2 aromatic rings. The number of fused-ring (bicyclic) bond motifs is 1. The Labute approximate surface area is 129 Å². The van der Waals surface area contributed by atoms with Gasteiger partial charge >= 0.3 is 0 Å². The molecule has 0 aliphatic carbocycles. The molecule has 1 aromatic heterocycles. The van der Waals surface area contributed by atoms with E-state index in [1.807, 2.05) is 42.7 Å². The molecule has 1 aliphatic rings. The zero-order valence-corrected chi connectivity index (χ0v) is 12.9. The van der Waals surface area contributed by atoms with Crippen LogP contribution in [0.2, 0.25) is 0 Å². The van der Waals surface area contributed by atoms with E-state index in [1.54, 1.807) is 0 Å². The van der Waals surface area contributed by atoms with Crippen LogP contribution in [0.15, 0.2) is 24.3 Å². The number of benzene rings is 1. The molecule has 22 heavy (non-hydrogen) atoms. The largest absolute Gasteiger partial charge is 0.376 e. The fraction of sp³-hybridized carbons (Fsp3) is 0.500. The lowest BCUT2D eigenvalue weighted by molar-refractivity contribution is -0.123. The molecule has 118 valence electrons. The first-order chi connectivity index (χ1) is 10.7. The van der Waals surface area contributed by atoms with Gasteiger partial charge in [0.25, 0.3) is 0 Å². The number of imidazole rings is 1. The van der Waals surface area contributed by atoms with Crippen LogP contribution >= 0.6 is 0 Å². The summed E-state index contributed by atoms with van der Waals surface area (Å²) in [6.07, 6.45) is -0.0606. The molecule has 1 N–H and O–H groups in total. The smallest absolute Gasteiger partial charge is 0.240 e. The molecule has 0 bridgehead atoms. The molecule has 1 saturated heterocycles. The van der Waals surface area contributed by atoms with Crippen LogP contribution in [0.4, 0.5) is 0 Å². The maximum atomic E-state index is 12.3. The number of aryl methyl sites for hydroxylation is 1.